The zero-order valence-corrected chi connectivity index (χ0v) is 13.6. The van der Waals surface area contributed by atoms with Gasteiger partial charge in [-0.05, 0) is 41.9 Å². The third kappa shape index (κ3) is 4.71. The summed E-state index contributed by atoms with van der Waals surface area (Å²) in [6, 6.07) is 9.75. The maximum Gasteiger partial charge on any atom is 0.410 e. The first-order chi connectivity index (χ1) is 10.1. The molecule has 1 aromatic carbocycles. The van der Waals surface area contributed by atoms with E-state index < -0.39 is 10.0 Å². The quantitative estimate of drug-likeness (QED) is 0.795. The van der Waals surface area contributed by atoms with Gasteiger partial charge in [0.1, 0.15) is 16.6 Å². The highest BCUT2D eigenvalue weighted by Gasteiger charge is 2.29. The lowest BCUT2D eigenvalue weighted by atomic mass is 9.94. The van der Waals surface area contributed by atoms with Crippen LogP contribution in [0.3, 0.4) is 0 Å². The molecule has 21 heavy (non-hydrogen) atoms. The number of hydrogen-bond donors (Lipinski definition) is 0. The van der Waals surface area contributed by atoms with Crippen molar-refractivity contribution in [1.82, 2.24) is 4.90 Å². The number of carbonyl (C=O) groups excluding carboxylic acids is 1. The molecule has 2 rings (SSSR count). The molecule has 1 aromatic rings. The largest absolute Gasteiger partial charge is 0.445 e. The van der Waals surface area contributed by atoms with E-state index in [-0.39, 0.29) is 24.0 Å². The summed E-state index contributed by atoms with van der Waals surface area (Å²) in [6.45, 7) is 0.283. The van der Waals surface area contributed by atoms with Crippen LogP contribution in [0.1, 0.15) is 31.2 Å². The van der Waals surface area contributed by atoms with Gasteiger partial charge in [-0.25, -0.2) is 9.00 Å². The molecule has 0 bridgehead atoms. The topological polar surface area (TPSA) is 46.6 Å². The zero-order valence-electron chi connectivity index (χ0n) is 12.0. The summed E-state index contributed by atoms with van der Waals surface area (Å²) in [5.41, 5.74) is 0.973. The van der Waals surface area contributed by atoms with Gasteiger partial charge in [0, 0.05) is 18.3 Å². The van der Waals surface area contributed by atoms with Crippen molar-refractivity contribution in [1.29, 1.82) is 0 Å². The average Bonchev–Trinajstić information content (AvgIpc) is 2.53. The summed E-state index contributed by atoms with van der Waals surface area (Å²) in [7, 11) is 6.11. The lowest BCUT2D eigenvalue weighted by Gasteiger charge is -2.32. The highest BCUT2D eigenvalue weighted by Crippen LogP contribution is 2.27. The minimum Gasteiger partial charge on any atom is -0.445 e. The lowest BCUT2D eigenvalue weighted by Crippen LogP contribution is -2.40. The highest BCUT2D eigenvalue weighted by molar-refractivity contribution is 8.08. The molecule has 4 nitrogen and oxygen atoms in total. The molecule has 0 spiro atoms. The van der Waals surface area contributed by atoms with Crippen LogP contribution >= 0.6 is 10.7 Å². The third-order valence-electron chi connectivity index (χ3n) is 3.95. The fraction of sp³-hybridized carbons (Fsp3) is 0.533. The van der Waals surface area contributed by atoms with Crippen LogP contribution in [0, 0.1) is 0 Å². The van der Waals surface area contributed by atoms with Gasteiger partial charge >= 0.3 is 6.09 Å². The average molecular weight is 330 g/mol. The number of amides is 1. The molecule has 116 valence electrons. The first-order valence-electron chi connectivity index (χ1n) is 7.08. The lowest BCUT2D eigenvalue weighted by molar-refractivity contribution is 0.0838. The SMILES string of the molecule is CN(C(=O)OCc1ccccc1)C1CCC(S(=O)Cl)CC1. The molecular weight excluding hydrogens is 310 g/mol. The molecule has 0 radical (unpaired) electrons. The van der Waals surface area contributed by atoms with Crippen molar-refractivity contribution in [2.45, 2.75) is 43.6 Å². The van der Waals surface area contributed by atoms with Crippen LogP contribution in [0.15, 0.2) is 30.3 Å². The van der Waals surface area contributed by atoms with E-state index in [2.05, 4.69) is 0 Å². The number of halogens is 1. The standard InChI is InChI=1S/C15H20ClNO3S/c1-17(13-7-9-14(10-8-13)21(16)19)15(18)20-11-12-5-3-2-4-6-12/h2-6,13-14H,7-11H2,1H3. The molecule has 0 heterocycles. The van der Waals surface area contributed by atoms with E-state index >= 15 is 0 Å². The van der Waals surface area contributed by atoms with E-state index in [9.17, 15) is 9.00 Å². The molecule has 1 unspecified atom stereocenters. The Morgan fingerprint density at radius 3 is 2.48 bits per heavy atom. The molecule has 1 fully saturated rings. The molecule has 0 N–H and O–H groups in total. The normalized spacial score (nSPS) is 23.3. The van der Waals surface area contributed by atoms with E-state index in [0.29, 0.717) is 0 Å². The summed E-state index contributed by atoms with van der Waals surface area (Å²) < 4.78 is 16.6. The molecule has 0 saturated heterocycles. The van der Waals surface area contributed by atoms with Gasteiger partial charge in [0.15, 0.2) is 0 Å². The van der Waals surface area contributed by atoms with Gasteiger partial charge in [0.2, 0.25) is 0 Å². The molecule has 6 heteroatoms. The fourth-order valence-electron chi connectivity index (χ4n) is 2.59. The molecule has 1 aliphatic carbocycles. The maximum absolute atomic E-state index is 12.0. The van der Waals surface area contributed by atoms with Gasteiger partial charge in [0.25, 0.3) is 0 Å². The van der Waals surface area contributed by atoms with Crippen molar-refractivity contribution >= 4 is 26.8 Å². The Labute approximate surface area is 132 Å². The number of rotatable bonds is 4. The summed E-state index contributed by atoms with van der Waals surface area (Å²) in [5, 5.41) is 0.0525. The Balaban J connectivity index is 1.79. The van der Waals surface area contributed by atoms with Crippen LogP contribution in [-0.4, -0.2) is 33.5 Å². The van der Waals surface area contributed by atoms with Gasteiger partial charge in [-0.15, -0.1) is 0 Å². The second-order valence-electron chi connectivity index (χ2n) is 5.33. The van der Waals surface area contributed by atoms with Crippen molar-refractivity contribution in [3.05, 3.63) is 35.9 Å². The van der Waals surface area contributed by atoms with Crippen LogP contribution < -0.4 is 0 Å². The number of ether oxygens (including phenoxy) is 1. The van der Waals surface area contributed by atoms with Gasteiger partial charge in [-0.3, -0.25) is 0 Å². The van der Waals surface area contributed by atoms with E-state index in [1.807, 2.05) is 30.3 Å². The highest BCUT2D eigenvalue weighted by atomic mass is 35.7. The molecule has 1 saturated carbocycles. The van der Waals surface area contributed by atoms with Gasteiger partial charge in [-0.2, -0.15) is 0 Å². The molecular formula is C15H20ClNO3S. The number of carbonyl (C=O) groups is 1. The van der Waals surface area contributed by atoms with Gasteiger partial charge in [-0.1, -0.05) is 30.3 Å². The Morgan fingerprint density at radius 2 is 1.90 bits per heavy atom. The third-order valence-corrected chi connectivity index (χ3v) is 5.70. The number of hydrogen-bond acceptors (Lipinski definition) is 3. The minimum absolute atomic E-state index is 0.0525. The summed E-state index contributed by atoms with van der Waals surface area (Å²) in [4.78, 5) is 13.7. The van der Waals surface area contributed by atoms with Crippen molar-refractivity contribution in [3.63, 3.8) is 0 Å². The first-order valence-corrected chi connectivity index (χ1v) is 9.12. The zero-order chi connectivity index (χ0) is 15.2. The predicted molar refractivity (Wildman–Crippen MR) is 84.4 cm³/mol. The van der Waals surface area contributed by atoms with E-state index in [0.717, 1.165) is 31.2 Å². The van der Waals surface area contributed by atoms with Crippen molar-refractivity contribution in [3.8, 4) is 0 Å². The summed E-state index contributed by atoms with van der Waals surface area (Å²) in [5.74, 6) is 0. The van der Waals surface area contributed by atoms with Crippen LogP contribution in [0.5, 0.6) is 0 Å². The predicted octanol–water partition coefficient (Wildman–Crippen LogP) is 3.47. The Morgan fingerprint density at radius 1 is 1.29 bits per heavy atom. The Kier molecular flexibility index (Phi) is 6.06. The van der Waals surface area contributed by atoms with Crippen molar-refractivity contribution in [2.75, 3.05) is 7.05 Å². The fourth-order valence-corrected chi connectivity index (χ4v) is 3.77. The van der Waals surface area contributed by atoms with Crippen molar-refractivity contribution in [2.24, 2.45) is 0 Å². The van der Waals surface area contributed by atoms with Crippen LogP contribution in [0.2, 0.25) is 0 Å². The van der Waals surface area contributed by atoms with E-state index in [4.69, 9.17) is 15.4 Å². The molecule has 0 aliphatic heterocycles. The summed E-state index contributed by atoms with van der Waals surface area (Å²) >= 11 is 0. The Bertz CT molecular complexity index is 489. The molecule has 0 aromatic heterocycles. The minimum atomic E-state index is -1.28. The van der Waals surface area contributed by atoms with Gasteiger partial charge in [0.05, 0.1) is 0 Å². The van der Waals surface area contributed by atoms with Crippen LogP contribution in [0.25, 0.3) is 0 Å². The second-order valence-corrected chi connectivity index (χ2v) is 7.41. The first kappa shape index (κ1) is 16.3. The number of nitrogens with zero attached hydrogens (tertiary/aromatic N) is 1. The number of benzene rings is 1. The summed E-state index contributed by atoms with van der Waals surface area (Å²) in [6.07, 6.45) is 2.91. The van der Waals surface area contributed by atoms with Crippen LogP contribution in [-0.2, 0) is 21.4 Å². The van der Waals surface area contributed by atoms with Crippen LogP contribution in [0.4, 0.5) is 4.79 Å². The van der Waals surface area contributed by atoms with Gasteiger partial charge < -0.3 is 9.64 Å². The molecule has 1 atom stereocenters. The maximum atomic E-state index is 12.0. The Hall–Kier alpha value is -1.07. The van der Waals surface area contributed by atoms with E-state index in [1.165, 1.54) is 0 Å². The molecule has 1 amide bonds. The second kappa shape index (κ2) is 7.80. The van der Waals surface area contributed by atoms with E-state index in [1.54, 1.807) is 11.9 Å². The van der Waals surface area contributed by atoms with Crippen molar-refractivity contribution < 1.29 is 13.7 Å². The molecule has 1 aliphatic rings. The monoisotopic (exact) mass is 329 g/mol. The smallest absolute Gasteiger partial charge is 0.410 e.